The SMILES string of the molecule is O=COCCC1=CCCCC1N(c1ccccc1Cl)S(=O)O. The van der Waals surface area contributed by atoms with Gasteiger partial charge in [0, 0.05) is 6.42 Å². The molecule has 0 saturated carbocycles. The summed E-state index contributed by atoms with van der Waals surface area (Å²) < 4.78 is 27.8. The molecule has 1 aliphatic rings. The molecule has 7 heteroatoms. The Labute approximate surface area is 137 Å². The van der Waals surface area contributed by atoms with Crippen molar-refractivity contribution >= 4 is 35.0 Å². The van der Waals surface area contributed by atoms with E-state index in [1.807, 2.05) is 0 Å². The number of benzene rings is 1. The van der Waals surface area contributed by atoms with Crippen molar-refractivity contribution in [2.45, 2.75) is 31.7 Å². The average molecular weight is 344 g/mol. The Morgan fingerprint density at radius 2 is 2.23 bits per heavy atom. The van der Waals surface area contributed by atoms with E-state index in [1.54, 1.807) is 24.3 Å². The van der Waals surface area contributed by atoms with Crippen molar-refractivity contribution < 1.29 is 18.3 Å². The molecule has 0 amide bonds. The first-order chi connectivity index (χ1) is 10.6. The molecular formula is C15H18ClNO4S. The summed E-state index contributed by atoms with van der Waals surface area (Å²) in [6.45, 7) is 0.675. The molecule has 0 aromatic heterocycles. The van der Waals surface area contributed by atoms with Crippen LogP contribution >= 0.6 is 11.6 Å². The van der Waals surface area contributed by atoms with Gasteiger partial charge in [-0.25, -0.2) is 4.21 Å². The third-order valence-corrected chi connectivity index (χ3v) is 4.74. The standard InChI is InChI=1S/C15H18ClNO4S/c16-13-6-2-4-8-15(13)17(22(19)20)14-7-3-1-5-12(14)9-10-21-11-18/h2,4-6,8,11,14H,1,3,7,9-10H2,(H,19,20). The molecule has 2 atom stereocenters. The lowest BCUT2D eigenvalue weighted by atomic mass is 9.92. The molecule has 0 heterocycles. The molecule has 0 bridgehead atoms. The molecule has 2 rings (SSSR count). The fourth-order valence-corrected chi connectivity index (χ4v) is 3.74. The number of nitrogens with zero attached hydrogens (tertiary/aromatic N) is 1. The Morgan fingerprint density at radius 1 is 1.45 bits per heavy atom. The van der Waals surface area contributed by atoms with Gasteiger partial charge in [-0.3, -0.25) is 13.7 Å². The van der Waals surface area contributed by atoms with Gasteiger partial charge in [0.15, 0.2) is 0 Å². The van der Waals surface area contributed by atoms with Crippen molar-refractivity contribution in [1.29, 1.82) is 0 Å². The fraction of sp³-hybridized carbons (Fsp3) is 0.400. The fourth-order valence-electron chi connectivity index (χ4n) is 2.67. The van der Waals surface area contributed by atoms with Crippen LogP contribution in [0.2, 0.25) is 5.02 Å². The lowest BCUT2D eigenvalue weighted by Crippen LogP contribution is -2.39. The second-order valence-electron chi connectivity index (χ2n) is 4.95. The molecule has 5 nitrogen and oxygen atoms in total. The van der Waals surface area contributed by atoms with E-state index in [9.17, 15) is 13.6 Å². The van der Waals surface area contributed by atoms with Crippen LogP contribution < -0.4 is 4.31 Å². The number of allylic oxidation sites excluding steroid dienone is 1. The van der Waals surface area contributed by atoms with Gasteiger partial charge in [-0.05, 0) is 37.0 Å². The number of halogens is 1. The van der Waals surface area contributed by atoms with E-state index >= 15 is 0 Å². The zero-order valence-corrected chi connectivity index (χ0v) is 13.6. The molecule has 22 heavy (non-hydrogen) atoms. The van der Waals surface area contributed by atoms with E-state index < -0.39 is 11.3 Å². The van der Waals surface area contributed by atoms with Gasteiger partial charge in [-0.1, -0.05) is 29.8 Å². The first-order valence-corrected chi connectivity index (χ1v) is 8.48. The zero-order valence-electron chi connectivity index (χ0n) is 12.0. The molecule has 0 fully saturated rings. The first-order valence-electron chi connectivity index (χ1n) is 7.04. The molecule has 0 saturated heterocycles. The Kier molecular flexibility index (Phi) is 6.42. The van der Waals surface area contributed by atoms with Gasteiger partial charge in [0.2, 0.25) is 0 Å². The quantitative estimate of drug-likeness (QED) is 0.357. The topological polar surface area (TPSA) is 66.8 Å². The summed E-state index contributed by atoms with van der Waals surface area (Å²) in [6, 6.07) is 6.75. The zero-order chi connectivity index (χ0) is 15.9. The second-order valence-corrected chi connectivity index (χ2v) is 6.21. The molecule has 120 valence electrons. The van der Waals surface area contributed by atoms with Crippen LogP contribution in [0.3, 0.4) is 0 Å². The molecule has 0 spiro atoms. The van der Waals surface area contributed by atoms with Gasteiger partial charge in [0.25, 0.3) is 17.7 Å². The van der Waals surface area contributed by atoms with Crippen molar-refractivity contribution in [2.75, 3.05) is 10.9 Å². The molecule has 1 N–H and O–H groups in total. The normalized spacial score (nSPS) is 19.2. The van der Waals surface area contributed by atoms with Crippen molar-refractivity contribution in [3.05, 3.63) is 40.9 Å². The minimum atomic E-state index is -2.19. The van der Waals surface area contributed by atoms with Gasteiger partial charge < -0.3 is 4.74 Å². The summed E-state index contributed by atoms with van der Waals surface area (Å²) in [4.78, 5) is 10.3. The minimum absolute atomic E-state index is 0.227. The third kappa shape index (κ3) is 4.09. The van der Waals surface area contributed by atoms with Crippen LogP contribution in [0.4, 0.5) is 5.69 Å². The van der Waals surface area contributed by atoms with E-state index in [2.05, 4.69) is 6.08 Å². The van der Waals surface area contributed by atoms with Gasteiger partial charge >= 0.3 is 0 Å². The molecule has 1 aliphatic carbocycles. The van der Waals surface area contributed by atoms with Crippen LogP contribution in [-0.2, 0) is 20.8 Å². The smallest absolute Gasteiger partial charge is 0.293 e. The van der Waals surface area contributed by atoms with Crippen molar-refractivity contribution in [3.8, 4) is 0 Å². The number of hydrogen-bond acceptors (Lipinski definition) is 3. The van der Waals surface area contributed by atoms with E-state index in [0.29, 0.717) is 23.6 Å². The third-order valence-electron chi connectivity index (χ3n) is 3.63. The van der Waals surface area contributed by atoms with Crippen molar-refractivity contribution in [2.24, 2.45) is 0 Å². The summed E-state index contributed by atoms with van der Waals surface area (Å²) in [7, 11) is 0. The predicted octanol–water partition coefficient (Wildman–Crippen LogP) is 3.33. The van der Waals surface area contributed by atoms with Crippen molar-refractivity contribution in [3.63, 3.8) is 0 Å². The predicted molar refractivity (Wildman–Crippen MR) is 87.1 cm³/mol. The largest absolute Gasteiger partial charge is 0.468 e. The lowest BCUT2D eigenvalue weighted by molar-refractivity contribution is -0.128. The van der Waals surface area contributed by atoms with Crippen LogP contribution in [0.25, 0.3) is 0 Å². The average Bonchev–Trinajstić information content (AvgIpc) is 2.51. The maximum absolute atomic E-state index is 11.9. The van der Waals surface area contributed by atoms with E-state index in [4.69, 9.17) is 16.3 Å². The van der Waals surface area contributed by atoms with Crippen LogP contribution in [0.15, 0.2) is 35.9 Å². The van der Waals surface area contributed by atoms with E-state index in [-0.39, 0.29) is 12.6 Å². The lowest BCUT2D eigenvalue weighted by Gasteiger charge is -2.34. The summed E-state index contributed by atoms with van der Waals surface area (Å²) >= 11 is 3.99. The summed E-state index contributed by atoms with van der Waals surface area (Å²) in [5.74, 6) is 0. The highest BCUT2D eigenvalue weighted by Gasteiger charge is 2.29. The van der Waals surface area contributed by atoms with Gasteiger partial charge in [-0.15, -0.1) is 0 Å². The Morgan fingerprint density at radius 3 is 2.91 bits per heavy atom. The van der Waals surface area contributed by atoms with Gasteiger partial charge in [-0.2, -0.15) is 0 Å². The highest BCUT2D eigenvalue weighted by molar-refractivity contribution is 7.80. The number of para-hydroxylation sites is 1. The first kappa shape index (κ1) is 17.0. The summed E-state index contributed by atoms with van der Waals surface area (Å²) in [6.07, 6.45) is 5.20. The second kappa shape index (κ2) is 8.31. The monoisotopic (exact) mass is 343 g/mol. The Hall–Kier alpha value is -1.37. The summed E-state index contributed by atoms with van der Waals surface area (Å²) in [5.41, 5.74) is 1.52. The Bertz CT molecular complexity index is 578. The number of rotatable bonds is 7. The number of anilines is 1. The molecule has 1 aromatic rings. The minimum Gasteiger partial charge on any atom is -0.468 e. The number of hydrogen-bond donors (Lipinski definition) is 1. The summed E-state index contributed by atoms with van der Waals surface area (Å²) in [5, 5.41) is 0.430. The highest BCUT2D eigenvalue weighted by atomic mass is 35.5. The Balaban J connectivity index is 2.28. The van der Waals surface area contributed by atoms with E-state index in [1.165, 1.54) is 4.31 Å². The van der Waals surface area contributed by atoms with Crippen LogP contribution in [0, 0.1) is 0 Å². The van der Waals surface area contributed by atoms with Crippen LogP contribution in [-0.4, -0.2) is 27.9 Å². The van der Waals surface area contributed by atoms with Crippen molar-refractivity contribution in [1.82, 2.24) is 0 Å². The number of carbonyl (C=O) groups excluding carboxylic acids is 1. The van der Waals surface area contributed by atoms with Crippen LogP contribution in [0.5, 0.6) is 0 Å². The number of ether oxygens (including phenoxy) is 1. The molecule has 1 aromatic carbocycles. The van der Waals surface area contributed by atoms with Crippen LogP contribution in [0.1, 0.15) is 25.7 Å². The molecule has 2 unspecified atom stereocenters. The maximum atomic E-state index is 11.9. The highest BCUT2D eigenvalue weighted by Crippen LogP contribution is 2.34. The molecular weight excluding hydrogens is 326 g/mol. The molecule has 0 radical (unpaired) electrons. The van der Waals surface area contributed by atoms with Gasteiger partial charge in [0.05, 0.1) is 23.4 Å². The van der Waals surface area contributed by atoms with E-state index in [0.717, 1.165) is 24.8 Å². The maximum Gasteiger partial charge on any atom is 0.293 e. The van der Waals surface area contributed by atoms with Gasteiger partial charge in [0.1, 0.15) is 0 Å². The number of carbonyl (C=O) groups is 1. The molecule has 0 aliphatic heterocycles.